The minimum absolute atomic E-state index is 0.141. The van der Waals surface area contributed by atoms with Gasteiger partial charge in [0.2, 0.25) is 11.8 Å². The summed E-state index contributed by atoms with van der Waals surface area (Å²) in [5, 5.41) is 5.36. The van der Waals surface area contributed by atoms with Gasteiger partial charge in [-0.2, -0.15) is 0 Å². The SMILES string of the molecule is COc1ccc(C[C@@H]2NC(=O)[C@H](C)NC2=O)cc1. The van der Waals surface area contributed by atoms with Crippen molar-refractivity contribution in [3.63, 3.8) is 0 Å². The molecule has 0 aliphatic carbocycles. The lowest BCUT2D eigenvalue weighted by Gasteiger charge is -2.27. The molecule has 1 saturated heterocycles. The van der Waals surface area contributed by atoms with Gasteiger partial charge in [-0.1, -0.05) is 12.1 Å². The van der Waals surface area contributed by atoms with Crippen LogP contribution in [0.4, 0.5) is 0 Å². The lowest BCUT2D eigenvalue weighted by Crippen LogP contribution is -2.61. The fourth-order valence-electron chi connectivity index (χ4n) is 1.88. The Labute approximate surface area is 106 Å². The van der Waals surface area contributed by atoms with Crippen LogP contribution in [-0.4, -0.2) is 31.0 Å². The van der Waals surface area contributed by atoms with E-state index in [2.05, 4.69) is 10.6 Å². The number of hydrogen-bond donors (Lipinski definition) is 2. The Hall–Kier alpha value is -2.04. The average molecular weight is 248 g/mol. The van der Waals surface area contributed by atoms with Crippen molar-refractivity contribution in [3.05, 3.63) is 29.8 Å². The van der Waals surface area contributed by atoms with Crippen molar-refractivity contribution >= 4 is 11.8 Å². The van der Waals surface area contributed by atoms with Gasteiger partial charge in [0.15, 0.2) is 0 Å². The van der Waals surface area contributed by atoms with Crippen LogP contribution < -0.4 is 15.4 Å². The van der Waals surface area contributed by atoms with Gasteiger partial charge in [0.05, 0.1) is 7.11 Å². The van der Waals surface area contributed by atoms with Crippen molar-refractivity contribution in [2.45, 2.75) is 25.4 Å². The van der Waals surface area contributed by atoms with Gasteiger partial charge in [-0.3, -0.25) is 9.59 Å². The van der Waals surface area contributed by atoms with Crippen LogP contribution in [-0.2, 0) is 16.0 Å². The third-order valence-corrected chi connectivity index (χ3v) is 2.98. The highest BCUT2D eigenvalue weighted by Gasteiger charge is 2.30. The highest BCUT2D eigenvalue weighted by molar-refractivity contribution is 5.96. The molecule has 18 heavy (non-hydrogen) atoms. The van der Waals surface area contributed by atoms with Crippen LogP contribution in [0.15, 0.2) is 24.3 Å². The number of methoxy groups -OCH3 is 1. The Balaban J connectivity index is 2.04. The summed E-state index contributed by atoms with van der Waals surface area (Å²) in [5.41, 5.74) is 0.978. The number of amides is 2. The van der Waals surface area contributed by atoms with Gasteiger partial charge < -0.3 is 15.4 Å². The van der Waals surface area contributed by atoms with Crippen LogP contribution in [0.2, 0.25) is 0 Å². The Morgan fingerprint density at radius 1 is 1.11 bits per heavy atom. The largest absolute Gasteiger partial charge is 0.497 e. The first-order chi connectivity index (χ1) is 8.60. The van der Waals surface area contributed by atoms with Crippen LogP contribution in [0, 0.1) is 0 Å². The molecule has 0 bridgehead atoms. The van der Waals surface area contributed by atoms with Gasteiger partial charge in [0.25, 0.3) is 0 Å². The van der Waals surface area contributed by atoms with E-state index in [1.165, 1.54) is 0 Å². The summed E-state index contributed by atoms with van der Waals surface area (Å²) in [6.45, 7) is 1.66. The zero-order chi connectivity index (χ0) is 13.1. The van der Waals surface area contributed by atoms with E-state index in [1.54, 1.807) is 14.0 Å². The molecule has 1 aromatic carbocycles. The molecule has 0 radical (unpaired) electrons. The molecule has 0 aromatic heterocycles. The van der Waals surface area contributed by atoms with Gasteiger partial charge in [0.1, 0.15) is 17.8 Å². The molecular formula is C13H16N2O3. The molecule has 5 heteroatoms. The first-order valence-corrected chi connectivity index (χ1v) is 5.84. The third-order valence-electron chi connectivity index (χ3n) is 2.98. The molecule has 1 aliphatic heterocycles. The van der Waals surface area contributed by atoms with Gasteiger partial charge in [-0.15, -0.1) is 0 Å². The zero-order valence-electron chi connectivity index (χ0n) is 10.4. The molecule has 2 N–H and O–H groups in total. The molecule has 96 valence electrons. The molecule has 2 amide bonds. The number of piperazine rings is 1. The second kappa shape index (κ2) is 5.08. The monoisotopic (exact) mass is 248 g/mol. The molecule has 1 aromatic rings. The van der Waals surface area contributed by atoms with E-state index in [0.29, 0.717) is 6.42 Å². The number of nitrogens with one attached hydrogen (secondary N) is 2. The predicted octanol–water partition coefficient (Wildman–Crippen LogP) is 0.241. The summed E-state index contributed by atoms with van der Waals surface area (Å²) in [6, 6.07) is 6.49. The van der Waals surface area contributed by atoms with Gasteiger partial charge in [-0.25, -0.2) is 0 Å². The maximum atomic E-state index is 11.7. The van der Waals surface area contributed by atoms with Crippen molar-refractivity contribution in [1.82, 2.24) is 10.6 Å². The lowest BCUT2D eigenvalue weighted by molar-refractivity contribution is -0.136. The molecule has 0 unspecified atom stereocenters. The number of ether oxygens (including phenoxy) is 1. The Bertz CT molecular complexity index is 456. The van der Waals surface area contributed by atoms with E-state index < -0.39 is 12.1 Å². The molecule has 0 saturated carbocycles. The molecular weight excluding hydrogens is 232 g/mol. The van der Waals surface area contributed by atoms with E-state index in [0.717, 1.165) is 11.3 Å². The highest BCUT2D eigenvalue weighted by Crippen LogP contribution is 2.13. The van der Waals surface area contributed by atoms with Crippen LogP contribution in [0.1, 0.15) is 12.5 Å². The molecule has 2 atom stereocenters. The highest BCUT2D eigenvalue weighted by atomic mass is 16.5. The van der Waals surface area contributed by atoms with Crippen molar-refractivity contribution < 1.29 is 14.3 Å². The number of benzene rings is 1. The summed E-state index contributed by atoms with van der Waals surface area (Å²) in [7, 11) is 1.60. The lowest BCUT2D eigenvalue weighted by atomic mass is 10.0. The van der Waals surface area contributed by atoms with Crippen LogP contribution in [0.5, 0.6) is 5.75 Å². The topological polar surface area (TPSA) is 67.4 Å². The number of hydrogen-bond acceptors (Lipinski definition) is 3. The minimum atomic E-state index is -0.498. The Morgan fingerprint density at radius 3 is 2.39 bits per heavy atom. The summed E-state index contributed by atoms with van der Waals surface area (Å²) < 4.78 is 5.06. The number of rotatable bonds is 3. The molecule has 5 nitrogen and oxygen atoms in total. The van der Waals surface area contributed by atoms with Gasteiger partial charge in [-0.05, 0) is 24.6 Å². The number of carbonyl (C=O) groups excluding carboxylic acids is 2. The van der Waals surface area contributed by atoms with Crippen LogP contribution >= 0.6 is 0 Å². The second-order valence-corrected chi connectivity index (χ2v) is 4.34. The molecule has 1 heterocycles. The molecule has 1 fully saturated rings. The second-order valence-electron chi connectivity index (χ2n) is 4.34. The maximum absolute atomic E-state index is 11.7. The van der Waals surface area contributed by atoms with Gasteiger partial charge in [0, 0.05) is 6.42 Å². The fourth-order valence-corrected chi connectivity index (χ4v) is 1.88. The zero-order valence-corrected chi connectivity index (χ0v) is 10.4. The van der Waals surface area contributed by atoms with Crippen molar-refractivity contribution in [2.24, 2.45) is 0 Å². The Kier molecular flexibility index (Phi) is 3.50. The normalized spacial score (nSPS) is 23.2. The first-order valence-electron chi connectivity index (χ1n) is 5.84. The quantitative estimate of drug-likeness (QED) is 0.805. The Morgan fingerprint density at radius 2 is 1.78 bits per heavy atom. The minimum Gasteiger partial charge on any atom is -0.497 e. The van der Waals surface area contributed by atoms with Crippen molar-refractivity contribution in [2.75, 3.05) is 7.11 Å². The molecule has 1 aliphatic rings. The summed E-state index contributed by atoms with van der Waals surface area (Å²) >= 11 is 0. The summed E-state index contributed by atoms with van der Waals surface area (Å²) in [6.07, 6.45) is 0.480. The first kappa shape index (κ1) is 12.4. The van der Waals surface area contributed by atoms with E-state index in [4.69, 9.17) is 4.74 Å². The van der Waals surface area contributed by atoms with Crippen molar-refractivity contribution in [1.29, 1.82) is 0 Å². The van der Waals surface area contributed by atoms with Gasteiger partial charge >= 0.3 is 0 Å². The third kappa shape index (κ3) is 2.61. The standard InChI is InChI=1S/C13H16N2O3/c1-8-12(16)15-11(13(17)14-8)7-9-3-5-10(18-2)6-4-9/h3-6,8,11H,7H2,1-2H3,(H,14,17)(H,15,16)/t8-,11-/m0/s1. The van der Waals surface area contributed by atoms with E-state index >= 15 is 0 Å². The summed E-state index contributed by atoms with van der Waals surface area (Å²) in [5.74, 6) is 0.482. The predicted molar refractivity (Wildman–Crippen MR) is 66.2 cm³/mol. The molecule has 2 rings (SSSR count). The maximum Gasteiger partial charge on any atom is 0.243 e. The van der Waals surface area contributed by atoms with Crippen molar-refractivity contribution in [3.8, 4) is 5.75 Å². The van der Waals surface area contributed by atoms with E-state index in [9.17, 15) is 9.59 Å². The molecule has 0 spiro atoms. The number of carbonyl (C=O) groups is 2. The average Bonchev–Trinajstić information content (AvgIpc) is 2.37. The van der Waals surface area contributed by atoms with E-state index in [1.807, 2.05) is 24.3 Å². The summed E-state index contributed by atoms with van der Waals surface area (Å²) in [4.78, 5) is 23.2. The van der Waals surface area contributed by atoms with Crippen LogP contribution in [0.3, 0.4) is 0 Å². The fraction of sp³-hybridized carbons (Fsp3) is 0.385. The smallest absolute Gasteiger partial charge is 0.243 e. The van der Waals surface area contributed by atoms with E-state index in [-0.39, 0.29) is 11.8 Å². The van der Waals surface area contributed by atoms with Crippen LogP contribution in [0.25, 0.3) is 0 Å².